The number of aromatic nitrogens is 1. The third-order valence-corrected chi connectivity index (χ3v) is 5.24. The predicted molar refractivity (Wildman–Crippen MR) is 128 cm³/mol. The number of pyridine rings is 1. The molecule has 2 rings (SSSR count). The summed E-state index contributed by atoms with van der Waals surface area (Å²) in [4.78, 5) is 29.0. The van der Waals surface area contributed by atoms with Gasteiger partial charge in [0.1, 0.15) is 0 Å². The van der Waals surface area contributed by atoms with E-state index in [1.807, 2.05) is 18.2 Å². The molecule has 0 saturated carbocycles. The summed E-state index contributed by atoms with van der Waals surface area (Å²) >= 11 is 0. The molecule has 0 atom stereocenters. The zero-order chi connectivity index (χ0) is 22.5. The van der Waals surface area contributed by atoms with Gasteiger partial charge in [-0.2, -0.15) is 0 Å². The molecule has 0 spiro atoms. The predicted octanol–water partition coefficient (Wildman–Crippen LogP) is 5.35. The third kappa shape index (κ3) is 9.71. The Morgan fingerprint density at radius 3 is 2.35 bits per heavy atom. The number of carbonyl (C=O) groups excluding carboxylic acids is 2. The van der Waals surface area contributed by atoms with Gasteiger partial charge in [0.2, 0.25) is 0 Å². The lowest BCUT2D eigenvalue weighted by atomic mass is 10.1. The number of hydrogen-bond donors (Lipinski definition) is 1. The van der Waals surface area contributed by atoms with Crippen LogP contribution in [-0.4, -0.2) is 48.3 Å². The Hall–Kier alpha value is -2.79. The highest BCUT2D eigenvalue weighted by atomic mass is 16.2. The smallest absolute Gasteiger partial charge is 0.279 e. The summed E-state index contributed by atoms with van der Waals surface area (Å²) in [6.45, 7) is 3.66. The van der Waals surface area contributed by atoms with Crippen molar-refractivity contribution in [1.29, 1.82) is 0 Å². The minimum Gasteiger partial charge on any atom is -0.321 e. The van der Waals surface area contributed by atoms with Gasteiger partial charge in [-0.25, -0.2) is 0 Å². The summed E-state index contributed by atoms with van der Waals surface area (Å²) in [6.07, 6.45) is 12.4. The molecule has 0 unspecified atom stereocenters. The fourth-order valence-corrected chi connectivity index (χ4v) is 3.44. The monoisotopic (exact) mass is 422 g/mol. The van der Waals surface area contributed by atoms with Gasteiger partial charge in [0, 0.05) is 17.4 Å². The van der Waals surface area contributed by atoms with Crippen LogP contribution in [0.15, 0.2) is 54.7 Å². The Kier molecular flexibility index (Phi) is 10.1. The van der Waals surface area contributed by atoms with E-state index in [-0.39, 0.29) is 11.7 Å². The summed E-state index contributed by atoms with van der Waals surface area (Å²) in [5.41, 5.74) is 2.01. The van der Waals surface area contributed by atoms with Crippen molar-refractivity contribution in [3.63, 3.8) is 0 Å². The molecule has 0 radical (unpaired) electrons. The molecule has 0 aliphatic rings. The topological polar surface area (TPSA) is 59.1 Å². The normalized spacial score (nSPS) is 11.6. The van der Waals surface area contributed by atoms with E-state index in [9.17, 15) is 9.59 Å². The van der Waals surface area contributed by atoms with Gasteiger partial charge in [-0.15, -0.1) is 0 Å². The van der Waals surface area contributed by atoms with Crippen molar-refractivity contribution < 1.29 is 14.1 Å². The lowest BCUT2D eigenvalue weighted by molar-refractivity contribution is -0.882. The summed E-state index contributed by atoms with van der Waals surface area (Å²) in [5, 5.41) is 2.95. The lowest BCUT2D eigenvalue weighted by Gasteiger charge is -2.29. The molecule has 2 aromatic rings. The maximum absolute atomic E-state index is 12.5. The number of nitrogens with zero attached hydrogens (tertiary/aromatic N) is 2. The first-order chi connectivity index (χ1) is 14.9. The van der Waals surface area contributed by atoms with Gasteiger partial charge in [0.15, 0.2) is 12.3 Å². The Morgan fingerprint density at radius 2 is 1.68 bits per heavy atom. The van der Waals surface area contributed by atoms with E-state index < -0.39 is 0 Å². The third-order valence-electron chi connectivity index (χ3n) is 5.24. The molecule has 1 aromatic carbocycles. The molecule has 1 N–H and O–H groups in total. The number of quaternary nitrogens is 1. The summed E-state index contributed by atoms with van der Waals surface area (Å²) in [6, 6.07) is 12.6. The standard InChI is InChI=1S/C26H35N3O2/c1-4-5-6-7-8-11-20-29(2,3)21-26(31)28-24-15-13-22(14-16-24)25(30)18-17-23-12-9-10-19-27-23/h9-10,12-19H,4-8,11,20-21H2,1-3H3/p+1/b18-17+. The van der Waals surface area contributed by atoms with Crippen LogP contribution in [0.2, 0.25) is 0 Å². The van der Waals surface area contributed by atoms with E-state index in [1.165, 1.54) is 38.2 Å². The first-order valence-electron chi connectivity index (χ1n) is 11.2. The molecule has 166 valence electrons. The highest BCUT2D eigenvalue weighted by molar-refractivity contribution is 6.07. The van der Waals surface area contributed by atoms with Gasteiger partial charge < -0.3 is 9.80 Å². The molecule has 0 aliphatic heterocycles. The van der Waals surface area contributed by atoms with E-state index >= 15 is 0 Å². The van der Waals surface area contributed by atoms with Gasteiger partial charge in [-0.3, -0.25) is 14.6 Å². The molecule has 5 heteroatoms. The van der Waals surface area contributed by atoms with E-state index in [0.717, 1.165) is 18.7 Å². The van der Waals surface area contributed by atoms with Gasteiger partial charge in [0.25, 0.3) is 5.91 Å². The first kappa shape index (κ1) is 24.5. The lowest BCUT2D eigenvalue weighted by Crippen LogP contribution is -2.46. The number of benzene rings is 1. The first-order valence-corrected chi connectivity index (χ1v) is 11.2. The van der Waals surface area contributed by atoms with Crippen molar-refractivity contribution in [2.75, 3.05) is 32.5 Å². The van der Waals surface area contributed by atoms with Crippen LogP contribution in [-0.2, 0) is 4.79 Å². The van der Waals surface area contributed by atoms with Crippen molar-refractivity contribution in [3.05, 3.63) is 66.0 Å². The average Bonchev–Trinajstić information content (AvgIpc) is 2.75. The Morgan fingerprint density at radius 1 is 0.968 bits per heavy atom. The van der Waals surface area contributed by atoms with Gasteiger partial charge >= 0.3 is 0 Å². The number of carbonyl (C=O) groups is 2. The van der Waals surface area contributed by atoms with Crippen molar-refractivity contribution in [1.82, 2.24) is 4.98 Å². The second-order valence-electron chi connectivity index (χ2n) is 8.66. The Balaban J connectivity index is 1.79. The number of nitrogens with one attached hydrogen (secondary N) is 1. The average molecular weight is 423 g/mol. The van der Waals surface area contributed by atoms with Crippen LogP contribution in [0.5, 0.6) is 0 Å². The summed E-state index contributed by atoms with van der Waals surface area (Å²) < 4.78 is 0.675. The fraction of sp³-hybridized carbons (Fsp3) is 0.423. The molecule has 1 heterocycles. The zero-order valence-electron chi connectivity index (χ0n) is 19.1. The summed E-state index contributed by atoms with van der Waals surface area (Å²) in [5.74, 6) is -0.106. The van der Waals surface area contributed by atoms with Crippen molar-refractivity contribution in [2.24, 2.45) is 0 Å². The van der Waals surface area contributed by atoms with Crippen LogP contribution in [0.3, 0.4) is 0 Å². The quantitative estimate of drug-likeness (QED) is 0.205. The van der Waals surface area contributed by atoms with E-state index in [1.54, 1.807) is 36.5 Å². The van der Waals surface area contributed by atoms with Crippen molar-refractivity contribution >= 4 is 23.5 Å². The molecular formula is C26H36N3O2+. The SMILES string of the molecule is CCCCCCCC[N+](C)(C)CC(=O)Nc1ccc(C(=O)/C=C/c2ccccn2)cc1. The summed E-state index contributed by atoms with van der Waals surface area (Å²) in [7, 11) is 4.20. The number of rotatable bonds is 13. The van der Waals surface area contributed by atoms with E-state index in [4.69, 9.17) is 0 Å². The van der Waals surface area contributed by atoms with Gasteiger partial charge in [0.05, 0.1) is 26.3 Å². The second kappa shape index (κ2) is 12.8. The fourth-order valence-electron chi connectivity index (χ4n) is 3.44. The number of anilines is 1. The minimum absolute atomic E-state index is 0.00916. The molecule has 0 aliphatic carbocycles. The zero-order valence-corrected chi connectivity index (χ0v) is 19.1. The van der Waals surface area contributed by atoms with Crippen LogP contribution >= 0.6 is 0 Å². The number of ketones is 1. The van der Waals surface area contributed by atoms with E-state index in [2.05, 4.69) is 31.3 Å². The van der Waals surface area contributed by atoms with Gasteiger partial charge in [-0.05, 0) is 61.4 Å². The second-order valence-corrected chi connectivity index (χ2v) is 8.66. The Labute approximate surface area is 186 Å². The van der Waals surface area contributed by atoms with Gasteiger partial charge in [-0.1, -0.05) is 38.7 Å². The van der Waals surface area contributed by atoms with Crippen LogP contribution in [0, 0.1) is 0 Å². The van der Waals surface area contributed by atoms with Crippen LogP contribution in [0.25, 0.3) is 6.08 Å². The molecule has 0 saturated heterocycles. The number of likely N-dealkylation sites (N-methyl/N-ethyl adjacent to an activating group) is 1. The van der Waals surface area contributed by atoms with Crippen molar-refractivity contribution in [3.8, 4) is 0 Å². The van der Waals surface area contributed by atoms with Crippen LogP contribution in [0.4, 0.5) is 5.69 Å². The highest BCUT2D eigenvalue weighted by Crippen LogP contribution is 2.13. The van der Waals surface area contributed by atoms with Crippen molar-refractivity contribution in [2.45, 2.75) is 45.4 Å². The Bertz CT molecular complexity index is 843. The number of unbranched alkanes of at least 4 members (excludes halogenated alkanes) is 5. The molecule has 1 amide bonds. The molecule has 0 bridgehead atoms. The maximum Gasteiger partial charge on any atom is 0.279 e. The molecule has 31 heavy (non-hydrogen) atoms. The molecule has 0 fully saturated rings. The molecular weight excluding hydrogens is 386 g/mol. The largest absolute Gasteiger partial charge is 0.321 e. The van der Waals surface area contributed by atoms with Crippen LogP contribution < -0.4 is 5.32 Å². The minimum atomic E-state index is -0.0970. The molecule has 5 nitrogen and oxygen atoms in total. The van der Waals surface area contributed by atoms with E-state index in [0.29, 0.717) is 22.3 Å². The van der Waals surface area contributed by atoms with Crippen LogP contribution in [0.1, 0.15) is 61.5 Å². The highest BCUT2D eigenvalue weighted by Gasteiger charge is 2.19. The number of amides is 1. The number of hydrogen-bond acceptors (Lipinski definition) is 3. The molecule has 1 aromatic heterocycles. The number of allylic oxidation sites excluding steroid dienone is 1. The maximum atomic E-state index is 12.5.